The summed E-state index contributed by atoms with van der Waals surface area (Å²) in [6.07, 6.45) is 2.33. The molecule has 0 radical (unpaired) electrons. The monoisotopic (exact) mass is 248 g/mol. The minimum absolute atomic E-state index is 0.204. The van der Waals surface area contributed by atoms with Gasteiger partial charge in [0.2, 0.25) is 0 Å². The fourth-order valence-corrected chi connectivity index (χ4v) is 1.35. The Bertz CT molecular complexity index is 558. The summed E-state index contributed by atoms with van der Waals surface area (Å²) in [5, 5.41) is 0.609. The van der Waals surface area contributed by atoms with Gasteiger partial charge in [0.25, 0.3) is 0 Å². The predicted molar refractivity (Wildman–Crippen MR) is 72.7 cm³/mol. The van der Waals surface area contributed by atoms with Crippen LogP contribution >= 0.6 is 0 Å². The quantitative estimate of drug-likeness (QED) is 0.814. The second kappa shape index (κ2) is 6.69. The van der Waals surface area contributed by atoms with E-state index in [9.17, 15) is 9.18 Å². The molecule has 3 nitrogen and oxygen atoms in total. The van der Waals surface area contributed by atoms with Crippen molar-refractivity contribution in [3.05, 3.63) is 35.8 Å². The van der Waals surface area contributed by atoms with E-state index in [4.69, 9.17) is 0 Å². The summed E-state index contributed by atoms with van der Waals surface area (Å²) in [6.45, 7) is 3.43. The van der Waals surface area contributed by atoms with Crippen molar-refractivity contribution in [1.82, 2.24) is 4.98 Å². The average Bonchev–Trinajstić information content (AvgIpc) is 2.74. The number of hydrogen-bond donors (Lipinski definition) is 1. The lowest BCUT2D eigenvalue weighted by atomic mass is 10.2. The highest BCUT2D eigenvalue weighted by Crippen LogP contribution is 2.17. The van der Waals surface area contributed by atoms with Gasteiger partial charge in [-0.15, -0.1) is 0 Å². The molecule has 0 aliphatic heterocycles. The number of aromatic amines is 1. The third kappa shape index (κ3) is 3.80. The van der Waals surface area contributed by atoms with Crippen molar-refractivity contribution >= 4 is 22.9 Å². The van der Waals surface area contributed by atoms with Crippen molar-refractivity contribution < 1.29 is 9.18 Å². The maximum absolute atomic E-state index is 13.2. The molecule has 1 aromatic heterocycles. The van der Waals surface area contributed by atoms with Crippen LogP contribution < -0.4 is 0 Å². The number of aromatic nitrogens is 1. The number of H-pyrrole nitrogens is 1. The maximum atomic E-state index is 13.2. The lowest BCUT2D eigenvalue weighted by Crippen LogP contribution is -1.80. The summed E-state index contributed by atoms with van der Waals surface area (Å²) in [5.74, 6) is 0.0505. The van der Waals surface area contributed by atoms with Crippen LogP contribution in [0, 0.1) is 5.82 Å². The Labute approximate surface area is 106 Å². The van der Waals surface area contributed by atoms with Crippen LogP contribution in [0.15, 0.2) is 29.3 Å². The van der Waals surface area contributed by atoms with E-state index in [0.29, 0.717) is 11.8 Å². The molecule has 0 saturated heterocycles. The number of carbonyl (C=O) groups excluding carboxylic acids is 1. The summed E-state index contributed by atoms with van der Waals surface area (Å²) in [4.78, 5) is 16.7. The zero-order chi connectivity index (χ0) is 13.5. The van der Waals surface area contributed by atoms with Crippen LogP contribution in [-0.2, 0) is 4.79 Å². The van der Waals surface area contributed by atoms with E-state index in [0.717, 1.165) is 11.2 Å². The van der Waals surface area contributed by atoms with E-state index in [-0.39, 0.29) is 11.6 Å². The van der Waals surface area contributed by atoms with Crippen LogP contribution in [0.2, 0.25) is 0 Å². The number of hydrogen-bond acceptors (Lipinski definition) is 2. The van der Waals surface area contributed by atoms with Gasteiger partial charge in [-0.1, -0.05) is 13.0 Å². The molecule has 0 atom stereocenters. The van der Waals surface area contributed by atoms with Crippen molar-refractivity contribution in [2.45, 2.75) is 20.3 Å². The number of ketones is 1. The van der Waals surface area contributed by atoms with E-state index in [2.05, 4.69) is 9.98 Å². The average molecular weight is 248 g/mol. The number of benzene rings is 1. The van der Waals surface area contributed by atoms with E-state index in [1.54, 1.807) is 32.3 Å². The van der Waals surface area contributed by atoms with Crippen molar-refractivity contribution in [1.29, 1.82) is 0 Å². The Kier molecular flexibility index (Phi) is 5.24. The summed E-state index contributed by atoms with van der Waals surface area (Å²) >= 11 is 0. The molecule has 0 bridgehead atoms. The highest BCUT2D eigenvalue weighted by atomic mass is 19.1. The number of nitrogens with zero attached hydrogens (tertiary/aromatic N) is 1. The normalized spacial score (nSPS) is 10.4. The predicted octanol–water partition coefficient (Wildman–Crippen LogP) is 3.34. The first-order chi connectivity index (χ1) is 8.58. The van der Waals surface area contributed by atoms with Crippen LogP contribution in [0.25, 0.3) is 10.9 Å². The molecule has 0 aliphatic rings. The molecule has 1 aromatic carbocycles. The van der Waals surface area contributed by atoms with Crippen molar-refractivity contribution in [2.75, 3.05) is 7.05 Å². The minimum Gasteiger partial charge on any atom is -0.354 e. The molecule has 4 heteroatoms. The second-order valence-electron chi connectivity index (χ2n) is 3.87. The highest BCUT2D eigenvalue weighted by Gasteiger charge is 2.02. The van der Waals surface area contributed by atoms with E-state index in [1.165, 1.54) is 6.07 Å². The van der Waals surface area contributed by atoms with Crippen LogP contribution in [-0.4, -0.2) is 24.0 Å². The number of aliphatic imine (C=N–C) groups is 1. The Morgan fingerprint density at radius 2 is 2.17 bits per heavy atom. The van der Waals surface area contributed by atoms with Crippen LogP contribution in [0.5, 0.6) is 0 Å². The minimum atomic E-state index is -0.204. The lowest BCUT2D eigenvalue weighted by Gasteiger charge is -1.88. The van der Waals surface area contributed by atoms with Crippen molar-refractivity contribution in [3.63, 3.8) is 0 Å². The fraction of sp³-hybridized carbons (Fsp3) is 0.286. The van der Waals surface area contributed by atoms with E-state index >= 15 is 0 Å². The second-order valence-corrected chi connectivity index (χ2v) is 3.87. The molecule has 2 rings (SSSR count). The molecular weight excluding hydrogens is 231 g/mol. The number of carbonyl (C=O) groups is 1. The Balaban J connectivity index is 0.000000280. The Morgan fingerprint density at radius 1 is 1.50 bits per heavy atom. The third-order valence-corrected chi connectivity index (χ3v) is 2.40. The smallest absolute Gasteiger partial charge is 0.132 e. The topological polar surface area (TPSA) is 45.2 Å². The third-order valence-electron chi connectivity index (χ3n) is 2.40. The standard InChI is InChI=1S/C10H9FN2.C4H8O/c1-12-6-7-5-8-9(11)3-2-4-10(8)13-7;1-3-4(2)5/h2-6,13H,1H3;3H2,1-2H3. The van der Waals surface area contributed by atoms with Gasteiger partial charge >= 0.3 is 0 Å². The van der Waals surface area contributed by atoms with Gasteiger partial charge in [-0.3, -0.25) is 4.99 Å². The fourth-order valence-electron chi connectivity index (χ4n) is 1.35. The maximum Gasteiger partial charge on any atom is 0.132 e. The molecule has 2 aromatic rings. The molecule has 0 amide bonds. The first-order valence-corrected chi connectivity index (χ1v) is 5.77. The van der Waals surface area contributed by atoms with Crippen molar-refractivity contribution in [2.24, 2.45) is 4.99 Å². The molecule has 0 fully saturated rings. The van der Waals surface area contributed by atoms with Gasteiger partial charge in [0.05, 0.1) is 5.69 Å². The number of nitrogens with one attached hydrogen (secondary N) is 1. The van der Waals surface area contributed by atoms with E-state index < -0.39 is 0 Å². The van der Waals surface area contributed by atoms with Gasteiger partial charge in [-0.2, -0.15) is 0 Å². The molecule has 96 valence electrons. The van der Waals surface area contributed by atoms with Gasteiger partial charge in [0.15, 0.2) is 0 Å². The zero-order valence-corrected chi connectivity index (χ0v) is 10.8. The van der Waals surface area contributed by atoms with Crippen molar-refractivity contribution in [3.8, 4) is 0 Å². The summed E-state index contributed by atoms with van der Waals surface area (Å²) < 4.78 is 13.2. The van der Waals surface area contributed by atoms with Crippen LogP contribution in [0.1, 0.15) is 26.0 Å². The van der Waals surface area contributed by atoms with Gasteiger partial charge in [0, 0.05) is 30.6 Å². The number of Topliss-reactive ketones (excluding diaryl/α,β-unsaturated/α-hetero) is 1. The summed E-state index contributed by atoms with van der Waals surface area (Å²) in [6, 6.07) is 6.72. The molecule has 0 saturated carbocycles. The lowest BCUT2D eigenvalue weighted by molar-refractivity contribution is -0.116. The number of halogens is 1. The van der Waals surface area contributed by atoms with Gasteiger partial charge in [0.1, 0.15) is 11.6 Å². The largest absolute Gasteiger partial charge is 0.354 e. The molecule has 1 heterocycles. The highest BCUT2D eigenvalue weighted by molar-refractivity contribution is 5.89. The summed E-state index contributed by atoms with van der Waals surface area (Å²) in [5.41, 5.74) is 1.62. The molecule has 1 N–H and O–H groups in total. The molecule has 18 heavy (non-hydrogen) atoms. The number of fused-ring (bicyclic) bond motifs is 1. The Morgan fingerprint density at radius 3 is 2.67 bits per heavy atom. The van der Waals surface area contributed by atoms with Crippen LogP contribution in [0.3, 0.4) is 0 Å². The molecule has 0 aliphatic carbocycles. The first-order valence-electron chi connectivity index (χ1n) is 5.77. The number of rotatable bonds is 2. The summed E-state index contributed by atoms with van der Waals surface area (Å²) in [7, 11) is 1.68. The first kappa shape index (κ1) is 14.1. The van der Waals surface area contributed by atoms with E-state index in [1.807, 2.05) is 13.0 Å². The van der Waals surface area contributed by atoms with Gasteiger partial charge in [-0.25, -0.2) is 4.39 Å². The molecule has 0 spiro atoms. The SMILES string of the molecule is CCC(C)=O.CN=Cc1cc2c(F)cccc2[nH]1. The van der Waals surface area contributed by atoms with Gasteiger partial charge < -0.3 is 9.78 Å². The zero-order valence-electron chi connectivity index (χ0n) is 10.8. The van der Waals surface area contributed by atoms with Crippen LogP contribution in [0.4, 0.5) is 4.39 Å². The Hall–Kier alpha value is -1.97. The molecular formula is C14H17FN2O. The van der Waals surface area contributed by atoms with Gasteiger partial charge in [-0.05, 0) is 25.1 Å². The molecule has 0 unspecified atom stereocenters.